The van der Waals surface area contributed by atoms with Gasteiger partial charge in [0, 0.05) is 26.9 Å². The van der Waals surface area contributed by atoms with Crippen molar-refractivity contribution >= 4 is 5.84 Å². The highest BCUT2D eigenvalue weighted by Gasteiger charge is 2.15. The van der Waals surface area contributed by atoms with Gasteiger partial charge in [-0.25, -0.2) is 0 Å². The predicted octanol–water partition coefficient (Wildman–Crippen LogP) is 2.16. The van der Waals surface area contributed by atoms with Crippen molar-refractivity contribution in [3.63, 3.8) is 0 Å². The van der Waals surface area contributed by atoms with E-state index in [0.29, 0.717) is 25.6 Å². The standard InChI is InChI=1S/C14H22N2O2/c1-3-18-13(12-8-5-4-6-9-12)14(15)16-10-7-11-17-2/h4-6,8-9,13H,3,7,10-11H2,1-2H3,(H2,15,16). The van der Waals surface area contributed by atoms with Gasteiger partial charge in [-0.15, -0.1) is 0 Å². The summed E-state index contributed by atoms with van der Waals surface area (Å²) in [5, 5.41) is 0. The number of aliphatic imine (C=N–C) groups is 1. The van der Waals surface area contributed by atoms with Gasteiger partial charge in [-0.05, 0) is 18.9 Å². The molecule has 1 unspecified atom stereocenters. The number of rotatable bonds is 8. The van der Waals surface area contributed by atoms with E-state index < -0.39 is 0 Å². The Hall–Kier alpha value is -1.39. The van der Waals surface area contributed by atoms with Gasteiger partial charge in [0.25, 0.3) is 0 Å². The summed E-state index contributed by atoms with van der Waals surface area (Å²) in [6.45, 7) is 3.92. The zero-order valence-corrected chi connectivity index (χ0v) is 11.1. The largest absolute Gasteiger partial charge is 0.385 e. The van der Waals surface area contributed by atoms with Crippen LogP contribution in [0.25, 0.3) is 0 Å². The maximum Gasteiger partial charge on any atom is 0.139 e. The van der Waals surface area contributed by atoms with Crippen LogP contribution in [0.5, 0.6) is 0 Å². The Labute approximate surface area is 109 Å². The lowest BCUT2D eigenvalue weighted by atomic mass is 10.1. The number of hydrogen-bond donors (Lipinski definition) is 1. The quantitative estimate of drug-likeness (QED) is 0.437. The number of methoxy groups -OCH3 is 1. The van der Waals surface area contributed by atoms with Crippen molar-refractivity contribution in [2.75, 3.05) is 26.9 Å². The SMILES string of the molecule is CCOC(C(N)=NCCCOC)c1ccccc1. The molecule has 1 aromatic carbocycles. The van der Waals surface area contributed by atoms with Gasteiger partial charge in [0.1, 0.15) is 11.9 Å². The van der Waals surface area contributed by atoms with Crippen LogP contribution in [0.2, 0.25) is 0 Å². The molecule has 0 aliphatic rings. The number of ether oxygens (including phenoxy) is 2. The summed E-state index contributed by atoms with van der Waals surface area (Å²) < 4.78 is 10.6. The van der Waals surface area contributed by atoms with Gasteiger partial charge in [0.2, 0.25) is 0 Å². The normalized spacial score (nSPS) is 13.6. The number of hydrogen-bond acceptors (Lipinski definition) is 3. The second-order valence-corrected chi connectivity index (χ2v) is 3.90. The van der Waals surface area contributed by atoms with Gasteiger partial charge < -0.3 is 15.2 Å². The van der Waals surface area contributed by atoms with Gasteiger partial charge in [-0.2, -0.15) is 0 Å². The van der Waals surface area contributed by atoms with E-state index >= 15 is 0 Å². The average molecular weight is 250 g/mol. The Kier molecular flexibility index (Phi) is 7.06. The number of nitrogens with zero attached hydrogens (tertiary/aromatic N) is 1. The minimum atomic E-state index is -0.251. The zero-order valence-electron chi connectivity index (χ0n) is 11.1. The van der Waals surface area contributed by atoms with E-state index in [-0.39, 0.29) is 6.10 Å². The second kappa shape index (κ2) is 8.66. The molecule has 4 nitrogen and oxygen atoms in total. The van der Waals surface area contributed by atoms with Crippen LogP contribution in [0.15, 0.2) is 35.3 Å². The van der Waals surface area contributed by atoms with Crippen LogP contribution in [0.3, 0.4) is 0 Å². The van der Waals surface area contributed by atoms with Crippen LogP contribution in [-0.2, 0) is 9.47 Å². The van der Waals surface area contributed by atoms with Crippen molar-refractivity contribution in [1.82, 2.24) is 0 Å². The van der Waals surface area contributed by atoms with Crippen LogP contribution >= 0.6 is 0 Å². The van der Waals surface area contributed by atoms with Crippen LogP contribution < -0.4 is 5.73 Å². The van der Waals surface area contributed by atoms with Gasteiger partial charge >= 0.3 is 0 Å². The predicted molar refractivity (Wildman–Crippen MR) is 73.8 cm³/mol. The monoisotopic (exact) mass is 250 g/mol. The Morgan fingerprint density at radius 3 is 2.67 bits per heavy atom. The molecule has 4 heteroatoms. The summed E-state index contributed by atoms with van der Waals surface area (Å²) in [5.41, 5.74) is 7.04. The first-order valence-corrected chi connectivity index (χ1v) is 6.24. The van der Waals surface area contributed by atoms with Crippen LogP contribution in [-0.4, -0.2) is 32.7 Å². The fourth-order valence-corrected chi connectivity index (χ4v) is 1.65. The van der Waals surface area contributed by atoms with Crippen molar-refractivity contribution in [3.05, 3.63) is 35.9 Å². The molecule has 0 saturated carbocycles. The molecule has 0 aliphatic heterocycles. The first kappa shape index (κ1) is 14.7. The van der Waals surface area contributed by atoms with Gasteiger partial charge in [-0.1, -0.05) is 30.3 Å². The van der Waals surface area contributed by atoms with E-state index in [2.05, 4.69) is 4.99 Å². The molecule has 1 atom stereocenters. The maximum absolute atomic E-state index is 6.00. The van der Waals surface area contributed by atoms with Crippen LogP contribution in [0.4, 0.5) is 0 Å². The fraction of sp³-hybridized carbons (Fsp3) is 0.500. The molecule has 0 aromatic heterocycles. The lowest BCUT2D eigenvalue weighted by Gasteiger charge is -2.17. The van der Waals surface area contributed by atoms with Gasteiger partial charge in [-0.3, -0.25) is 4.99 Å². The molecule has 1 rings (SSSR count). The molecule has 0 amide bonds. The third-order valence-corrected chi connectivity index (χ3v) is 2.51. The summed E-state index contributed by atoms with van der Waals surface area (Å²) >= 11 is 0. The van der Waals surface area contributed by atoms with E-state index in [0.717, 1.165) is 12.0 Å². The number of benzene rings is 1. The summed E-state index contributed by atoms with van der Waals surface area (Å²) in [7, 11) is 1.68. The minimum absolute atomic E-state index is 0.251. The average Bonchev–Trinajstić information content (AvgIpc) is 2.41. The molecule has 0 radical (unpaired) electrons. The topological polar surface area (TPSA) is 56.8 Å². The van der Waals surface area contributed by atoms with E-state index in [1.165, 1.54) is 0 Å². The Morgan fingerprint density at radius 2 is 2.06 bits per heavy atom. The van der Waals surface area contributed by atoms with Crippen molar-refractivity contribution < 1.29 is 9.47 Å². The molecule has 1 aromatic rings. The molecule has 0 bridgehead atoms. The zero-order chi connectivity index (χ0) is 13.2. The van der Waals surface area contributed by atoms with Crippen molar-refractivity contribution in [2.24, 2.45) is 10.7 Å². The molecule has 0 spiro atoms. The van der Waals surface area contributed by atoms with Crippen LogP contribution in [0.1, 0.15) is 25.0 Å². The van der Waals surface area contributed by atoms with Crippen molar-refractivity contribution in [2.45, 2.75) is 19.4 Å². The summed E-state index contributed by atoms with van der Waals surface area (Å²) in [4.78, 5) is 4.35. The molecule has 18 heavy (non-hydrogen) atoms. The Bertz CT molecular complexity index is 352. The Balaban J connectivity index is 2.66. The third kappa shape index (κ3) is 4.85. The summed E-state index contributed by atoms with van der Waals surface area (Å²) in [6.07, 6.45) is 0.615. The van der Waals surface area contributed by atoms with E-state index in [1.807, 2.05) is 37.3 Å². The molecule has 0 heterocycles. The highest BCUT2D eigenvalue weighted by Crippen LogP contribution is 2.17. The first-order valence-electron chi connectivity index (χ1n) is 6.24. The molecule has 2 N–H and O–H groups in total. The van der Waals surface area contributed by atoms with E-state index in [9.17, 15) is 0 Å². The fourth-order valence-electron chi connectivity index (χ4n) is 1.65. The molecule has 0 fully saturated rings. The molecule has 0 aliphatic carbocycles. The summed E-state index contributed by atoms with van der Waals surface area (Å²) in [5.74, 6) is 0.527. The lowest BCUT2D eigenvalue weighted by Crippen LogP contribution is -2.25. The second-order valence-electron chi connectivity index (χ2n) is 3.90. The molecular formula is C14H22N2O2. The third-order valence-electron chi connectivity index (χ3n) is 2.51. The molecule has 100 valence electrons. The smallest absolute Gasteiger partial charge is 0.139 e. The van der Waals surface area contributed by atoms with Crippen molar-refractivity contribution in [1.29, 1.82) is 0 Å². The number of nitrogens with two attached hydrogens (primary N) is 1. The van der Waals surface area contributed by atoms with Gasteiger partial charge in [0.05, 0.1) is 0 Å². The lowest BCUT2D eigenvalue weighted by molar-refractivity contribution is 0.109. The van der Waals surface area contributed by atoms with E-state index in [4.69, 9.17) is 15.2 Å². The maximum atomic E-state index is 6.00. The first-order chi connectivity index (χ1) is 8.79. The minimum Gasteiger partial charge on any atom is -0.385 e. The van der Waals surface area contributed by atoms with Gasteiger partial charge in [0.15, 0.2) is 0 Å². The highest BCUT2D eigenvalue weighted by molar-refractivity contribution is 5.86. The highest BCUT2D eigenvalue weighted by atomic mass is 16.5. The summed E-state index contributed by atoms with van der Waals surface area (Å²) in [6, 6.07) is 9.91. The van der Waals surface area contributed by atoms with Crippen LogP contribution in [0, 0.1) is 0 Å². The van der Waals surface area contributed by atoms with E-state index in [1.54, 1.807) is 7.11 Å². The molecular weight excluding hydrogens is 228 g/mol. The molecule has 0 saturated heterocycles. The Morgan fingerprint density at radius 1 is 1.33 bits per heavy atom. The number of amidine groups is 1. The van der Waals surface area contributed by atoms with Crippen molar-refractivity contribution in [3.8, 4) is 0 Å².